The number of nitrogens with zero attached hydrogens (tertiary/aromatic N) is 2. The summed E-state index contributed by atoms with van der Waals surface area (Å²) in [5.74, 6) is 0.351. The highest BCUT2D eigenvalue weighted by Crippen LogP contribution is 2.39. The Morgan fingerprint density at radius 1 is 1.12 bits per heavy atom. The summed E-state index contributed by atoms with van der Waals surface area (Å²) in [6.07, 6.45) is 6.13. The fourth-order valence-corrected chi connectivity index (χ4v) is 2.84. The molecule has 90 valence electrons. The quantitative estimate of drug-likeness (QED) is 0.752. The fraction of sp³-hybridized carbons (Fsp3) is 0.917. The molecule has 2 heterocycles. The number of hydrogen-bond acceptors (Lipinski definition) is 3. The zero-order valence-corrected chi connectivity index (χ0v) is 9.87. The molecule has 3 aliphatic rings. The molecule has 0 atom stereocenters. The van der Waals surface area contributed by atoms with Gasteiger partial charge < -0.3 is 9.80 Å². The molecule has 0 aromatic rings. The molecule has 4 heteroatoms. The molecule has 1 amide bonds. The van der Waals surface area contributed by atoms with Gasteiger partial charge in [0.05, 0.1) is 12.2 Å². The van der Waals surface area contributed by atoms with Crippen LogP contribution in [0.2, 0.25) is 0 Å². The Hall–Kier alpha value is -0.610. The maximum Gasteiger partial charge on any atom is 0.244 e. The molecule has 0 radical (unpaired) electrons. The molecule has 1 spiro atoms. The number of carbonyl (C=O) groups is 1. The lowest BCUT2D eigenvalue weighted by Gasteiger charge is -2.28. The third kappa shape index (κ3) is 1.84. The number of likely N-dealkylation sites (tertiary alicyclic amines) is 1. The number of rotatable bonds is 3. The molecule has 4 nitrogen and oxygen atoms in total. The zero-order chi connectivity index (χ0) is 11.0. The molecule has 0 aromatic carbocycles. The first-order chi connectivity index (χ1) is 7.80. The summed E-state index contributed by atoms with van der Waals surface area (Å²) in [6, 6.07) is 0. The Bertz CT molecular complexity index is 282. The van der Waals surface area contributed by atoms with Crippen LogP contribution in [0.15, 0.2) is 0 Å². The molecular weight excluding hydrogens is 202 g/mol. The second-order valence-corrected chi connectivity index (χ2v) is 5.39. The number of amides is 1. The van der Waals surface area contributed by atoms with Crippen molar-refractivity contribution in [2.75, 3.05) is 32.8 Å². The molecule has 1 N–H and O–H groups in total. The minimum absolute atomic E-state index is 0.109. The van der Waals surface area contributed by atoms with Crippen LogP contribution >= 0.6 is 0 Å². The summed E-state index contributed by atoms with van der Waals surface area (Å²) >= 11 is 0. The lowest BCUT2D eigenvalue weighted by atomic mass is 10.1. The van der Waals surface area contributed by atoms with E-state index in [4.69, 9.17) is 0 Å². The van der Waals surface area contributed by atoms with E-state index in [0.717, 1.165) is 32.6 Å². The van der Waals surface area contributed by atoms with Crippen molar-refractivity contribution in [3.05, 3.63) is 0 Å². The third-order valence-electron chi connectivity index (χ3n) is 4.19. The van der Waals surface area contributed by atoms with Crippen LogP contribution in [0.25, 0.3) is 0 Å². The van der Waals surface area contributed by atoms with Crippen LogP contribution in [0.4, 0.5) is 0 Å². The Balaban J connectivity index is 1.46. The molecule has 16 heavy (non-hydrogen) atoms. The summed E-state index contributed by atoms with van der Waals surface area (Å²) in [5.41, 5.74) is -0.109. The van der Waals surface area contributed by atoms with Gasteiger partial charge in [-0.3, -0.25) is 10.1 Å². The topological polar surface area (TPSA) is 35.6 Å². The standard InChI is InChI=1S/C12H21N3O/c16-11-12(4-5-12)13-10-15(11)9-8-14-6-2-1-3-7-14/h13H,1-10H2. The first-order valence-electron chi connectivity index (χ1n) is 6.57. The van der Waals surface area contributed by atoms with Crippen LogP contribution in [0.1, 0.15) is 32.1 Å². The third-order valence-corrected chi connectivity index (χ3v) is 4.19. The Morgan fingerprint density at radius 2 is 1.88 bits per heavy atom. The van der Waals surface area contributed by atoms with Crippen molar-refractivity contribution in [3.63, 3.8) is 0 Å². The maximum atomic E-state index is 12.0. The van der Waals surface area contributed by atoms with Gasteiger partial charge in [0.25, 0.3) is 0 Å². The Labute approximate surface area is 97.0 Å². The smallest absolute Gasteiger partial charge is 0.244 e. The van der Waals surface area contributed by atoms with Gasteiger partial charge in [-0.2, -0.15) is 0 Å². The number of hydrogen-bond donors (Lipinski definition) is 1. The zero-order valence-electron chi connectivity index (χ0n) is 9.87. The summed E-state index contributed by atoms with van der Waals surface area (Å²) in [6.45, 7) is 5.19. The van der Waals surface area contributed by atoms with Gasteiger partial charge in [0.15, 0.2) is 0 Å². The van der Waals surface area contributed by atoms with Gasteiger partial charge in [0.2, 0.25) is 5.91 Å². The van der Waals surface area contributed by atoms with Crippen LogP contribution in [0.3, 0.4) is 0 Å². The van der Waals surface area contributed by atoms with Gasteiger partial charge in [-0.05, 0) is 38.8 Å². The first kappa shape index (κ1) is 10.5. The van der Waals surface area contributed by atoms with Crippen LogP contribution in [0, 0.1) is 0 Å². The molecule has 1 saturated carbocycles. The average molecular weight is 223 g/mol. The summed E-state index contributed by atoms with van der Waals surface area (Å²) in [7, 11) is 0. The lowest BCUT2D eigenvalue weighted by molar-refractivity contribution is -0.129. The van der Waals surface area contributed by atoms with E-state index in [1.807, 2.05) is 4.90 Å². The van der Waals surface area contributed by atoms with E-state index in [0.29, 0.717) is 5.91 Å². The second kappa shape index (κ2) is 4.00. The molecule has 0 aromatic heterocycles. The van der Waals surface area contributed by atoms with Crippen molar-refractivity contribution in [2.24, 2.45) is 0 Å². The van der Waals surface area contributed by atoms with E-state index in [9.17, 15) is 4.79 Å². The minimum Gasteiger partial charge on any atom is -0.327 e. The van der Waals surface area contributed by atoms with Crippen LogP contribution in [-0.4, -0.2) is 54.1 Å². The van der Waals surface area contributed by atoms with E-state index in [2.05, 4.69) is 10.2 Å². The van der Waals surface area contributed by atoms with Crippen LogP contribution in [0.5, 0.6) is 0 Å². The van der Waals surface area contributed by atoms with Crippen LogP contribution < -0.4 is 5.32 Å². The van der Waals surface area contributed by atoms with Crippen LogP contribution in [-0.2, 0) is 4.79 Å². The molecule has 0 bridgehead atoms. The van der Waals surface area contributed by atoms with Crippen molar-refractivity contribution in [3.8, 4) is 0 Å². The maximum absolute atomic E-state index is 12.0. The molecule has 2 aliphatic heterocycles. The largest absolute Gasteiger partial charge is 0.327 e. The van der Waals surface area contributed by atoms with E-state index in [1.165, 1.54) is 32.4 Å². The Morgan fingerprint density at radius 3 is 2.50 bits per heavy atom. The molecule has 2 saturated heterocycles. The SMILES string of the molecule is O=C1N(CCN2CCCCC2)CNC12CC2. The van der Waals surface area contributed by atoms with Gasteiger partial charge >= 0.3 is 0 Å². The highest BCUT2D eigenvalue weighted by molar-refractivity contribution is 5.91. The first-order valence-corrected chi connectivity index (χ1v) is 6.57. The predicted molar refractivity (Wildman–Crippen MR) is 62.0 cm³/mol. The van der Waals surface area contributed by atoms with Crippen molar-refractivity contribution in [1.29, 1.82) is 0 Å². The van der Waals surface area contributed by atoms with E-state index < -0.39 is 0 Å². The molecule has 1 aliphatic carbocycles. The lowest BCUT2D eigenvalue weighted by Crippen LogP contribution is -2.39. The predicted octanol–water partition coefficient (Wildman–Crippen LogP) is 0.394. The minimum atomic E-state index is -0.109. The van der Waals surface area contributed by atoms with Crippen molar-refractivity contribution in [2.45, 2.75) is 37.6 Å². The van der Waals surface area contributed by atoms with Crippen molar-refractivity contribution >= 4 is 5.91 Å². The summed E-state index contributed by atoms with van der Waals surface area (Å²) in [5, 5.41) is 3.35. The number of nitrogens with one attached hydrogen (secondary N) is 1. The van der Waals surface area contributed by atoms with Gasteiger partial charge in [-0.15, -0.1) is 0 Å². The van der Waals surface area contributed by atoms with Crippen molar-refractivity contribution in [1.82, 2.24) is 15.1 Å². The molecule has 3 fully saturated rings. The highest BCUT2D eigenvalue weighted by Gasteiger charge is 2.55. The van der Waals surface area contributed by atoms with E-state index >= 15 is 0 Å². The van der Waals surface area contributed by atoms with Gasteiger partial charge in [-0.25, -0.2) is 0 Å². The highest BCUT2D eigenvalue weighted by atomic mass is 16.2. The fourth-order valence-electron chi connectivity index (χ4n) is 2.84. The second-order valence-electron chi connectivity index (χ2n) is 5.39. The molecular formula is C12H21N3O. The normalized spacial score (nSPS) is 29.0. The Kier molecular flexibility index (Phi) is 2.64. The average Bonchev–Trinajstić information content (AvgIpc) is 3.04. The summed E-state index contributed by atoms with van der Waals surface area (Å²) < 4.78 is 0. The van der Waals surface area contributed by atoms with Gasteiger partial charge in [0, 0.05) is 13.1 Å². The molecule has 0 unspecified atom stereocenters. The number of piperidine rings is 1. The summed E-state index contributed by atoms with van der Waals surface area (Å²) in [4.78, 5) is 16.5. The monoisotopic (exact) mass is 223 g/mol. The van der Waals surface area contributed by atoms with Gasteiger partial charge in [0.1, 0.15) is 0 Å². The number of carbonyl (C=O) groups excluding carboxylic acids is 1. The van der Waals surface area contributed by atoms with Crippen molar-refractivity contribution < 1.29 is 4.79 Å². The van der Waals surface area contributed by atoms with Gasteiger partial charge in [-0.1, -0.05) is 6.42 Å². The van der Waals surface area contributed by atoms with E-state index in [1.54, 1.807) is 0 Å². The molecule has 3 rings (SSSR count). The van der Waals surface area contributed by atoms with E-state index in [-0.39, 0.29) is 5.54 Å².